The Labute approximate surface area is 106 Å². The molecule has 6 nitrogen and oxygen atoms in total. The van der Waals surface area contributed by atoms with Gasteiger partial charge in [0.25, 0.3) is 5.56 Å². The second-order valence-corrected chi connectivity index (χ2v) is 4.37. The van der Waals surface area contributed by atoms with Gasteiger partial charge in [-0.2, -0.15) is 0 Å². The van der Waals surface area contributed by atoms with Gasteiger partial charge in [-0.1, -0.05) is 0 Å². The maximum absolute atomic E-state index is 11.5. The molecule has 1 aliphatic rings. The molecule has 0 aliphatic carbocycles. The lowest BCUT2D eigenvalue weighted by Gasteiger charge is -2.10. The largest absolute Gasteiger partial charge is 0.480 e. The minimum absolute atomic E-state index is 0.109. The van der Waals surface area contributed by atoms with E-state index in [1.807, 2.05) is 0 Å². The zero-order chi connectivity index (χ0) is 12.8. The van der Waals surface area contributed by atoms with Crippen LogP contribution in [0.25, 0.3) is 0 Å². The summed E-state index contributed by atoms with van der Waals surface area (Å²) in [6.45, 7) is 3.90. The first kappa shape index (κ1) is 13.0. The summed E-state index contributed by atoms with van der Waals surface area (Å²) in [7, 11) is 1.54. The third-order valence-electron chi connectivity index (χ3n) is 3.01. The Balaban J connectivity index is 1.77. The summed E-state index contributed by atoms with van der Waals surface area (Å²) in [6.07, 6.45) is 1.12. The molecule has 1 aromatic rings. The summed E-state index contributed by atoms with van der Waals surface area (Å²) in [5.41, 5.74) is -0.109. The molecule has 18 heavy (non-hydrogen) atoms. The van der Waals surface area contributed by atoms with E-state index in [4.69, 9.17) is 9.47 Å². The Morgan fingerprint density at radius 1 is 1.61 bits per heavy atom. The van der Waals surface area contributed by atoms with Crippen LogP contribution in [0.3, 0.4) is 0 Å². The molecule has 6 heteroatoms. The molecule has 1 atom stereocenters. The van der Waals surface area contributed by atoms with Crippen LogP contribution in [-0.4, -0.2) is 43.2 Å². The van der Waals surface area contributed by atoms with Gasteiger partial charge in [0.15, 0.2) is 0 Å². The average Bonchev–Trinajstić information content (AvgIpc) is 2.89. The zero-order valence-corrected chi connectivity index (χ0v) is 10.6. The third kappa shape index (κ3) is 3.54. The van der Waals surface area contributed by atoms with E-state index in [2.05, 4.69) is 10.4 Å². The van der Waals surface area contributed by atoms with Crippen LogP contribution in [0.5, 0.6) is 5.88 Å². The highest BCUT2D eigenvalue weighted by Crippen LogP contribution is 2.10. The standard InChI is InChI=1S/C12H19N3O3/c1-17-11-2-3-12(16)15(14-11)6-5-13-8-10-4-7-18-9-10/h2-3,10,13H,4-9H2,1H3. The molecule has 2 heterocycles. The van der Waals surface area contributed by atoms with Crippen molar-refractivity contribution < 1.29 is 9.47 Å². The number of hydrogen-bond donors (Lipinski definition) is 1. The van der Waals surface area contributed by atoms with Gasteiger partial charge in [-0.25, -0.2) is 4.68 Å². The Kier molecular flexibility index (Phi) is 4.72. The van der Waals surface area contributed by atoms with Gasteiger partial charge in [0.05, 0.1) is 20.3 Å². The minimum atomic E-state index is -0.109. The fourth-order valence-electron chi connectivity index (χ4n) is 1.93. The molecule has 0 saturated carbocycles. The van der Waals surface area contributed by atoms with E-state index in [9.17, 15) is 4.79 Å². The molecule has 0 bridgehead atoms. The van der Waals surface area contributed by atoms with Crippen molar-refractivity contribution in [3.63, 3.8) is 0 Å². The molecular formula is C12H19N3O3. The molecule has 1 aromatic heterocycles. The van der Waals surface area contributed by atoms with Crippen molar-refractivity contribution >= 4 is 0 Å². The summed E-state index contributed by atoms with van der Waals surface area (Å²) in [4.78, 5) is 11.5. The fourth-order valence-corrected chi connectivity index (χ4v) is 1.93. The van der Waals surface area contributed by atoms with Crippen molar-refractivity contribution in [3.8, 4) is 5.88 Å². The van der Waals surface area contributed by atoms with Gasteiger partial charge in [-0.15, -0.1) is 5.10 Å². The number of aromatic nitrogens is 2. The SMILES string of the molecule is COc1ccc(=O)n(CCNCC2CCOC2)n1. The van der Waals surface area contributed by atoms with Gasteiger partial charge in [-0.05, 0) is 12.3 Å². The van der Waals surface area contributed by atoms with Crippen molar-refractivity contribution in [2.45, 2.75) is 13.0 Å². The first-order valence-electron chi connectivity index (χ1n) is 6.20. The highest BCUT2D eigenvalue weighted by atomic mass is 16.5. The Hall–Kier alpha value is -1.40. The van der Waals surface area contributed by atoms with Crippen LogP contribution in [0.2, 0.25) is 0 Å². The maximum atomic E-state index is 11.5. The van der Waals surface area contributed by atoms with E-state index in [0.717, 1.165) is 32.7 Å². The topological polar surface area (TPSA) is 65.4 Å². The van der Waals surface area contributed by atoms with Gasteiger partial charge < -0.3 is 14.8 Å². The lowest BCUT2D eigenvalue weighted by atomic mass is 10.1. The number of methoxy groups -OCH3 is 1. The van der Waals surface area contributed by atoms with E-state index < -0.39 is 0 Å². The van der Waals surface area contributed by atoms with Crippen molar-refractivity contribution in [2.75, 3.05) is 33.4 Å². The van der Waals surface area contributed by atoms with Crippen LogP contribution in [0.4, 0.5) is 0 Å². The van der Waals surface area contributed by atoms with Gasteiger partial charge in [0.1, 0.15) is 0 Å². The molecule has 1 N–H and O–H groups in total. The van der Waals surface area contributed by atoms with Crippen molar-refractivity contribution in [1.29, 1.82) is 0 Å². The third-order valence-corrected chi connectivity index (χ3v) is 3.01. The maximum Gasteiger partial charge on any atom is 0.267 e. The van der Waals surface area contributed by atoms with E-state index in [0.29, 0.717) is 18.3 Å². The van der Waals surface area contributed by atoms with Crippen molar-refractivity contribution in [2.24, 2.45) is 5.92 Å². The fraction of sp³-hybridized carbons (Fsp3) is 0.667. The van der Waals surface area contributed by atoms with E-state index in [1.165, 1.54) is 17.9 Å². The Bertz CT molecular complexity index is 427. The molecule has 1 unspecified atom stereocenters. The summed E-state index contributed by atoms with van der Waals surface area (Å²) < 4.78 is 11.7. The Morgan fingerprint density at radius 3 is 3.22 bits per heavy atom. The molecule has 0 aromatic carbocycles. The van der Waals surface area contributed by atoms with Crippen LogP contribution in [0.15, 0.2) is 16.9 Å². The van der Waals surface area contributed by atoms with Crippen LogP contribution in [0, 0.1) is 5.92 Å². The number of nitrogens with zero attached hydrogens (tertiary/aromatic N) is 2. The molecule has 0 amide bonds. The highest BCUT2D eigenvalue weighted by molar-refractivity contribution is 5.05. The molecule has 0 radical (unpaired) electrons. The van der Waals surface area contributed by atoms with E-state index in [-0.39, 0.29) is 5.56 Å². The second kappa shape index (κ2) is 6.51. The molecule has 0 spiro atoms. The summed E-state index contributed by atoms with van der Waals surface area (Å²) >= 11 is 0. The van der Waals surface area contributed by atoms with Gasteiger partial charge in [-0.3, -0.25) is 4.79 Å². The monoisotopic (exact) mass is 253 g/mol. The molecule has 2 rings (SSSR count). The van der Waals surface area contributed by atoms with E-state index in [1.54, 1.807) is 6.07 Å². The summed E-state index contributed by atoms with van der Waals surface area (Å²) in [5, 5.41) is 7.40. The predicted molar refractivity (Wildman–Crippen MR) is 66.8 cm³/mol. The number of rotatable bonds is 6. The normalized spacial score (nSPS) is 19.1. The lowest BCUT2D eigenvalue weighted by Crippen LogP contribution is -2.31. The van der Waals surface area contributed by atoms with Crippen LogP contribution in [0.1, 0.15) is 6.42 Å². The average molecular weight is 253 g/mol. The smallest absolute Gasteiger partial charge is 0.267 e. The minimum Gasteiger partial charge on any atom is -0.480 e. The number of ether oxygens (including phenoxy) is 2. The van der Waals surface area contributed by atoms with Gasteiger partial charge in [0, 0.05) is 31.8 Å². The van der Waals surface area contributed by atoms with Crippen LogP contribution in [-0.2, 0) is 11.3 Å². The number of hydrogen-bond acceptors (Lipinski definition) is 5. The van der Waals surface area contributed by atoms with Gasteiger partial charge >= 0.3 is 0 Å². The molecular weight excluding hydrogens is 234 g/mol. The summed E-state index contributed by atoms with van der Waals surface area (Å²) in [6, 6.07) is 3.04. The quantitative estimate of drug-likeness (QED) is 0.716. The Morgan fingerprint density at radius 2 is 2.50 bits per heavy atom. The highest BCUT2D eigenvalue weighted by Gasteiger charge is 2.14. The summed E-state index contributed by atoms with van der Waals surface area (Å²) in [5.74, 6) is 1.05. The van der Waals surface area contributed by atoms with E-state index >= 15 is 0 Å². The molecule has 1 aliphatic heterocycles. The van der Waals surface area contributed by atoms with Gasteiger partial charge in [0.2, 0.25) is 5.88 Å². The van der Waals surface area contributed by atoms with Crippen LogP contribution >= 0.6 is 0 Å². The first-order chi connectivity index (χ1) is 8.79. The van der Waals surface area contributed by atoms with Crippen molar-refractivity contribution in [3.05, 3.63) is 22.5 Å². The first-order valence-corrected chi connectivity index (χ1v) is 6.20. The predicted octanol–water partition coefficient (Wildman–Crippen LogP) is -0.122. The molecule has 1 fully saturated rings. The zero-order valence-electron chi connectivity index (χ0n) is 10.6. The van der Waals surface area contributed by atoms with Crippen molar-refractivity contribution in [1.82, 2.24) is 15.1 Å². The number of nitrogens with one attached hydrogen (secondary N) is 1. The second-order valence-electron chi connectivity index (χ2n) is 4.37. The molecule has 1 saturated heterocycles. The lowest BCUT2D eigenvalue weighted by molar-refractivity contribution is 0.185. The van der Waals surface area contributed by atoms with Crippen LogP contribution < -0.4 is 15.6 Å². The molecule has 100 valence electrons.